The predicted molar refractivity (Wildman–Crippen MR) is 80.2 cm³/mol. The molecule has 2 heteroatoms. The summed E-state index contributed by atoms with van der Waals surface area (Å²) in [6.07, 6.45) is 8.38. The third-order valence-electron chi connectivity index (χ3n) is 4.15. The van der Waals surface area contributed by atoms with Gasteiger partial charge in [-0.25, -0.2) is 0 Å². The average Bonchev–Trinajstić information content (AvgIpc) is 2.56. The number of nitrogens with zero attached hydrogens (tertiary/aromatic N) is 2. The van der Waals surface area contributed by atoms with Crippen LogP contribution in [0.25, 0.3) is 11.3 Å². The summed E-state index contributed by atoms with van der Waals surface area (Å²) in [6.45, 7) is 0. The van der Waals surface area contributed by atoms with Crippen molar-refractivity contribution in [3.63, 3.8) is 0 Å². The molecule has 1 aliphatic carbocycles. The largest absolute Gasteiger partial charge is 0.256 e. The van der Waals surface area contributed by atoms with E-state index in [-0.39, 0.29) is 0 Å². The summed E-state index contributed by atoms with van der Waals surface area (Å²) in [4.78, 5) is 4.39. The highest BCUT2D eigenvalue weighted by Crippen LogP contribution is 2.34. The van der Waals surface area contributed by atoms with Crippen LogP contribution < -0.4 is 0 Å². The molecule has 0 spiro atoms. The Kier molecular flexibility index (Phi) is 3.78. The molecule has 20 heavy (non-hydrogen) atoms. The summed E-state index contributed by atoms with van der Waals surface area (Å²) >= 11 is 0. The van der Waals surface area contributed by atoms with E-state index in [0.29, 0.717) is 11.5 Å². The van der Waals surface area contributed by atoms with Gasteiger partial charge in [0, 0.05) is 11.8 Å². The average molecular weight is 262 g/mol. The number of rotatable bonds is 2. The van der Waals surface area contributed by atoms with E-state index in [1.165, 1.54) is 37.7 Å². The van der Waals surface area contributed by atoms with Crippen molar-refractivity contribution in [1.82, 2.24) is 4.98 Å². The fourth-order valence-electron chi connectivity index (χ4n) is 3.05. The maximum absolute atomic E-state index is 8.99. The lowest BCUT2D eigenvalue weighted by Gasteiger charge is -2.22. The Morgan fingerprint density at radius 1 is 1.05 bits per heavy atom. The summed E-state index contributed by atoms with van der Waals surface area (Å²) in [7, 11) is 0. The van der Waals surface area contributed by atoms with Crippen molar-refractivity contribution in [3.8, 4) is 17.3 Å². The van der Waals surface area contributed by atoms with Crippen LogP contribution in [0.3, 0.4) is 0 Å². The highest BCUT2D eigenvalue weighted by molar-refractivity contribution is 5.61. The number of nitriles is 1. The van der Waals surface area contributed by atoms with Gasteiger partial charge in [-0.3, -0.25) is 4.98 Å². The first-order valence-electron chi connectivity index (χ1n) is 7.33. The molecule has 0 radical (unpaired) electrons. The van der Waals surface area contributed by atoms with Crippen molar-refractivity contribution >= 4 is 0 Å². The maximum Gasteiger partial charge on any atom is 0.0992 e. The highest BCUT2D eigenvalue weighted by Gasteiger charge is 2.15. The van der Waals surface area contributed by atoms with E-state index in [1.807, 2.05) is 6.07 Å². The zero-order valence-electron chi connectivity index (χ0n) is 11.5. The van der Waals surface area contributed by atoms with Crippen molar-refractivity contribution in [2.45, 2.75) is 38.0 Å². The molecule has 1 aliphatic rings. The van der Waals surface area contributed by atoms with Gasteiger partial charge in [0.2, 0.25) is 0 Å². The summed E-state index contributed by atoms with van der Waals surface area (Å²) < 4.78 is 0. The molecule has 100 valence electrons. The summed E-state index contributed by atoms with van der Waals surface area (Å²) in [5, 5.41) is 8.99. The molecule has 2 aromatic rings. The minimum atomic E-state index is 0.665. The van der Waals surface area contributed by atoms with Gasteiger partial charge in [-0.2, -0.15) is 5.26 Å². The van der Waals surface area contributed by atoms with Gasteiger partial charge < -0.3 is 0 Å². The third kappa shape index (κ3) is 2.72. The molecule has 0 N–H and O–H groups in total. The molecule has 1 aromatic carbocycles. The van der Waals surface area contributed by atoms with E-state index in [4.69, 9.17) is 5.26 Å². The third-order valence-corrected chi connectivity index (χ3v) is 4.15. The molecule has 0 bridgehead atoms. The van der Waals surface area contributed by atoms with Crippen LogP contribution in [0, 0.1) is 11.3 Å². The molecule has 0 unspecified atom stereocenters. The van der Waals surface area contributed by atoms with E-state index >= 15 is 0 Å². The first-order valence-corrected chi connectivity index (χ1v) is 7.33. The number of hydrogen-bond donors (Lipinski definition) is 0. The second kappa shape index (κ2) is 5.88. The lowest BCUT2D eigenvalue weighted by atomic mass is 9.83. The van der Waals surface area contributed by atoms with Gasteiger partial charge in [0.25, 0.3) is 0 Å². The molecule has 0 aliphatic heterocycles. The zero-order chi connectivity index (χ0) is 13.8. The summed E-state index contributed by atoms with van der Waals surface area (Å²) in [5.74, 6) is 0.697. The lowest BCUT2D eigenvalue weighted by Crippen LogP contribution is -2.04. The van der Waals surface area contributed by atoms with Crippen LogP contribution in [0.1, 0.15) is 49.1 Å². The number of hydrogen-bond acceptors (Lipinski definition) is 2. The van der Waals surface area contributed by atoms with Crippen LogP contribution in [0.2, 0.25) is 0 Å². The molecule has 1 aromatic heterocycles. The van der Waals surface area contributed by atoms with E-state index in [0.717, 1.165) is 11.3 Å². The topological polar surface area (TPSA) is 36.7 Å². The first kappa shape index (κ1) is 12.9. The molecule has 0 amide bonds. The Morgan fingerprint density at radius 3 is 2.70 bits per heavy atom. The molecule has 1 fully saturated rings. The van der Waals surface area contributed by atoms with Gasteiger partial charge >= 0.3 is 0 Å². The Labute approximate surface area is 120 Å². The predicted octanol–water partition coefficient (Wildman–Crippen LogP) is 4.67. The second-order valence-electron chi connectivity index (χ2n) is 5.50. The monoisotopic (exact) mass is 262 g/mol. The SMILES string of the molecule is N#Cc1ccnc(-c2cccc(C3CCCCC3)c2)c1. The minimum absolute atomic E-state index is 0.665. The molecule has 1 saturated carbocycles. The second-order valence-corrected chi connectivity index (χ2v) is 5.50. The molecule has 0 atom stereocenters. The zero-order valence-corrected chi connectivity index (χ0v) is 11.5. The van der Waals surface area contributed by atoms with Gasteiger partial charge in [0.1, 0.15) is 0 Å². The van der Waals surface area contributed by atoms with Crippen molar-refractivity contribution in [1.29, 1.82) is 5.26 Å². The molecule has 3 rings (SSSR count). The minimum Gasteiger partial charge on any atom is -0.256 e. The van der Waals surface area contributed by atoms with Gasteiger partial charge in [-0.05, 0) is 42.5 Å². The molecular formula is C18H18N2. The quantitative estimate of drug-likeness (QED) is 0.788. The van der Waals surface area contributed by atoms with Gasteiger partial charge in [0.15, 0.2) is 0 Å². The van der Waals surface area contributed by atoms with Crippen molar-refractivity contribution < 1.29 is 0 Å². The number of aromatic nitrogens is 1. The normalized spacial score (nSPS) is 15.8. The number of pyridine rings is 1. The van der Waals surface area contributed by atoms with Crippen LogP contribution >= 0.6 is 0 Å². The Morgan fingerprint density at radius 2 is 1.90 bits per heavy atom. The summed E-state index contributed by atoms with van der Waals surface area (Å²) in [6, 6.07) is 14.5. The van der Waals surface area contributed by atoms with E-state index in [2.05, 4.69) is 35.3 Å². The van der Waals surface area contributed by atoms with Crippen LogP contribution in [-0.4, -0.2) is 4.98 Å². The van der Waals surface area contributed by atoms with Crippen molar-refractivity contribution in [2.24, 2.45) is 0 Å². The van der Waals surface area contributed by atoms with Crippen LogP contribution in [-0.2, 0) is 0 Å². The Bertz CT molecular complexity index is 634. The van der Waals surface area contributed by atoms with Crippen LogP contribution in [0.5, 0.6) is 0 Å². The van der Waals surface area contributed by atoms with Gasteiger partial charge in [0.05, 0.1) is 17.3 Å². The molecular weight excluding hydrogens is 244 g/mol. The maximum atomic E-state index is 8.99. The fraction of sp³-hybridized carbons (Fsp3) is 0.333. The van der Waals surface area contributed by atoms with Gasteiger partial charge in [-0.1, -0.05) is 37.5 Å². The highest BCUT2D eigenvalue weighted by atomic mass is 14.7. The fourth-order valence-corrected chi connectivity index (χ4v) is 3.05. The lowest BCUT2D eigenvalue weighted by molar-refractivity contribution is 0.443. The van der Waals surface area contributed by atoms with E-state index in [9.17, 15) is 0 Å². The van der Waals surface area contributed by atoms with Crippen molar-refractivity contribution in [3.05, 3.63) is 53.7 Å². The van der Waals surface area contributed by atoms with E-state index < -0.39 is 0 Å². The van der Waals surface area contributed by atoms with E-state index in [1.54, 1.807) is 12.3 Å². The first-order chi connectivity index (χ1) is 9.86. The van der Waals surface area contributed by atoms with Crippen LogP contribution in [0.15, 0.2) is 42.6 Å². The van der Waals surface area contributed by atoms with Crippen LogP contribution in [0.4, 0.5) is 0 Å². The summed E-state index contributed by atoms with van der Waals surface area (Å²) in [5.41, 5.74) is 4.09. The molecule has 1 heterocycles. The molecule has 0 saturated heterocycles. The van der Waals surface area contributed by atoms with Gasteiger partial charge in [-0.15, -0.1) is 0 Å². The molecule has 2 nitrogen and oxygen atoms in total. The Balaban J connectivity index is 1.92. The standard InChI is InChI=1S/C18H18N2/c19-13-14-9-10-20-18(11-14)17-8-4-7-16(12-17)15-5-2-1-3-6-15/h4,7-12,15H,1-3,5-6H2. The Hall–Kier alpha value is -2.14. The smallest absolute Gasteiger partial charge is 0.0992 e. The number of benzene rings is 1. The van der Waals surface area contributed by atoms with Crippen molar-refractivity contribution in [2.75, 3.05) is 0 Å².